The van der Waals surface area contributed by atoms with Crippen molar-refractivity contribution < 1.29 is 22.7 Å². The highest BCUT2D eigenvalue weighted by Gasteiger charge is 2.47. The van der Waals surface area contributed by atoms with E-state index in [-0.39, 0.29) is 5.91 Å². The number of carbonyl (C=O) groups excluding carboxylic acids is 1. The van der Waals surface area contributed by atoms with Crippen LogP contribution in [0.5, 0.6) is 0 Å². The second-order valence-electron chi connectivity index (χ2n) is 5.72. The van der Waals surface area contributed by atoms with Gasteiger partial charge < -0.3 is 10.1 Å². The van der Waals surface area contributed by atoms with Crippen LogP contribution in [0.1, 0.15) is 36.8 Å². The zero-order valence-corrected chi connectivity index (χ0v) is 11.8. The van der Waals surface area contributed by atoms with Crippen molar-refractivity contribution in [2.24, 2.45) is 0 Å². The highest BCUT2D eigenvalue weighted by atomic mass is 19.4. The fourth-order valence-corrected chi connectivity index (χ4v) is 2.63. The van der Waals surface area contributed by atoms with E-state index in [0.29, 0.717) is 12.0 Å². The molecule has 0 radical (unpaired) electrons. The summed E-state index contributed by atoms with van der Waals surface area (Å²) in [6.07, 6.45) is 1.37. The topological polar surface area (TPSA) is 38.3 Å². The molecule has 0 saturated heterocycles. The van der Waals surface area contributed by atoms with Gasteiger partial charge in [0.05, 0.1) is 17.4 Å². The van der Waals surface area contributed by atoms with Gasteiger partial charge in [0.1, 0.15) is 0 Å². The summed E-state index contributed by atoms with van der Waals surface area (Å²) in [6, 6.07) is 5.00. The second-order valence-corrected chi connectivity index (χ2v) is 5.72. The Labute approximate surface area is 126 Å². The van der Waals surface area contributed by atoms with Gasteiger partial charge in [0, 0.05) is 0 Å². The number of halogens is 3. The Morgan fingerprint density at radius 3 is 2.41 bits per heavy atom. The number of allylic oxidation sites excluding steroid dienone is 1. The third-order valence-corrected chi connectivity index (χ3v) is 4.10. The first-order valence-electron chi connectivity index (χ1n) is 7.21. The van der Waals surface area contributed by atoms with Gasteiger partial charge in [0.15, 0.2) is 6.10 Å². The maximum atomic E-state index is 12.6. The molecule has 1 aromatic carbocycles. The first-order chi connectivity index (χ1) is 10.4. The number of nitrogens with one attached hydrogen (secondary N) is 1. The first kappa shape index (κ1) is 14.9. The summed E-state index contributed by atoms with van der Waals surface area (Å²) >= 11 is 0. The van der Waals surface area contributed by atoms with Gasteiger partial charge in [-0.1, -0.05) is 12.1 Å². The molecule has 1 aliphatic heterocycles. The van der Waals surface area contributed by atoms with Crippen molar-refractivity contribution in [2.45, 2.75) is 43.5 Å². The lowest BCUT2D eigenvalue weighted by atomic mass is 10.0. The lowest BCUT2D eigenvalue weighted by molar-refractivity contribution is -0.137. The number of benzene rings is 1. The number of hydrogen-bond acceptors (Lipinski definition) is 2. The van der Waals surface area contributed by atoms with Crippen molar-refractivity contribution in [3.63, 3.8) is 0 Å². The van der Waals surface area contributed by atoms with Gasteiger partial charge in [-0.3, -0.25) is 4.79 Å². The molecule has 3 nitrogen and oxygen atoms in total. The van der Waals surface area contributed by atoms with Crippen molar-refractivity contribution in [3.05, 3.63) is 47.7 Å². The van der Waals surface area contributed by atoms with Crippen molar-refractivity contribution in [1.29, 1.82) is 0 Å². The van der Waals surface area contributed by atoms with E-state index in [2.05, 4.69) is 5.32 Å². The van der Waals surface area contributed by atoms with Crippen LogP contribution in [0.15, 0.2) is 36.6 Å². The zero-order chi connectivity index (χ0) is 15.8. The molecule has 1 N–H and O–H groups in total. The molecule has 0 spiro atoms. The van der Waals surface area contributed by atoms with Gasteiger partial charge in [0.2, 0.25) is 0 Å². The van der Waals surface area contributed by atoms with Crippen LogP contribution in [-0.2, 0) is 21.2 Å². The Balaban J connectivity index is 1.71. The van der Waals surface area contributed by atoms with Crippen LogP contribution in [0.4, 0.5) is 13.2 Å². The molecule has 1 aromatic rings. The highest BCUT2D eigenvalue weighted by Crippen LogP contribution is 2.46. The lowest BCUT2D eigenvalue weighted by Crippen LogP contribution is -2.42. The number of hydrogen-bond donors (Lipinski definition) is 1. The molecule has 22 heavy (non-hydrogen) atoms. The predicted molar refractivity (Wildman–Crippen MR) is 73.7 cm³/mol. The first-order valence-corrected chi connectivity index (χ1v) is 7.21. The van der Waals surface area contributed by atoms with Gasteiger partial charge in [-0.05, 0) is 49.5 Å². The quantitative estimate of drug-likeness (QED) is 0.928. The molecule has 1 unspecified atom stereocenters. The molecule has 6 heteroatoms. The van der Waals surface area contributed by atoms with Crippen LogP contribution in [-0.4, -0.2) is 12.0 Å². The van der Waals surface area contributed by atoms with Crippen molar-refractivity contribution in [1.82, 2.24) is 5.32 Å². The van der Waals surface area contributed by atoms with Crippen LogP contribution in [0.3, 0.4) is 0 Å². The smallest absolute Gasteiger partial charge is 0.416 e. The second kappa shape index (κ2) is 5.34. The monoisotopic (exact) mass is 311 g/mol. The maximum Gasteiger partial charge on any atom is 0.416 e. The number of alkyl halides is 3. The van der Waals surface area contributed by atoms with Crippen molar-refractivity contribution in [3.8, 4) is 0 Å². The summed E-state index contributed by atoms with van der Waals surface area (Å²) in [7, 11) is 0. The van der Waals surface area contributed by atoms with Gasteiger partial charge in [-0.15, -0.1) is 0 Å². The van der Waals surface area contributed by atoms with E-state index < -0.39 is 23.4 Å². The van der Waals surface area contributed by atoms with Gasteiger partial charge >= 0.3 is 6.18 Å². The molecule has 1 atom stereocenters. The minimum atomic E-state index is -4.35. The maximum absolute atomic E-state index is 12.6. The molecule has 0 bridgehead atoms. The summed E-state index contributed by atoms with van der Waals surface area (Å²) in [6.45, 7) is 0. The Hall–Kier alpha value is -1.98. The molecule has 1 heterocycles. The van der Waals surface area contributed by atoms with Crippen molar-refractivity contribution in [2.75, 3.05) is 0 Å². The van der Waals surface area contributed by atoms with E-state index in [1.54, 1.807) is 0 Å². The Morgan fingerprint density at radius 2 is 1.91 bits per heavy atom. The average Bonchev–Trinajstić information content (AvgIpc) is 3.28. The SMILES string of the molecule is O=C(NC1(c2ccc(C(F)(F)F)cc2)CC1)C1CCC=CO1. The molecule has 1 fully saturated rings. The number of carbonyl (C=O) groups is 1. The largest absolute Gasteiger partial charge is 0.489 e. The van der Waals surface area contributed by atoms with Crippen LogP contribution >= 0.6 is 0 Å². The van der Waals surface area contributed by atoms with E-state index in [1.807, 2.05) is 6.08 Å². The molecular formula is C16H16F3NO2. The Morgan fingerprint density at radius 1 is 1.23 bits per heavy atom. The number of ether oxygens (including phenoxy) is 1. The van der Waals surface area contributed by atoms with E-state index in [9.17, 15) is 18.0 Å². The molecule has 118 valence electrons. The van der Waals surface area contributed by atoms with E-state index >= 15 is 0 Å². The van der Waals surface area contributed by atoms with Crippen LogP contribution in [0.25, 0.3) is 0 Å². The summed E-state index contributed by atoms with van der Waals surface area (Å²) in [4.78, 5) is 12.2. The van der Waals surface area contributed by atoms with E-state index in [0.717, 1.165) is 31.4 Å². The van der Waals surface area contributed by atoms with Crippen molar-refractivity contribution >= 4 is 5.91 Å². The third kappa shape index (κ3) is 2.96. The molecule has 3 rings (SSSR count). The molecule has 1 amide bonds. The summed E-state index contributed by atoms with van der Waals surface area (Å²) in [5.41, 5.74) is -0.509. The van der Waals surface area contributed by atoms with Crippen LogP contribution in [0.2, 0.25) is 0 Å². The minimum Gasteiger partial charge on any atom is -0.489 e. The van der Waals surface area contributed by atoms with E-state index in [4.69, 9.17) is 4.74 Å². The van der Waals surface area contributed by atoms with Gasteiger partial charge in [-0.2, -0.15) is 13.2 Å². The summed E-state index contributed by atoms with van der Waals surface area (Å²) in [5.74, 6) is -0.207. The fourth-order valence-electron chi connectivity index (χ4n) is 2.63. The number of rotatable bonds is 3. The fraction of sp³-hybridized carbons (Fsp3) is 0.438. The standard InChI is InChI=1S/C16H16F3NO2/c17-16(18,19)12-6-4-11(5-7-12)15(8-9-15)20-14(21)13-3-1-2-10-22-13/h2,4-7,10,13H,1,3,8-9H2,(H,20,21). The lowest BCUT2D eigenvalue weighted by Gasteiger charge is -2.24. The molecule has 0 aromatic heterocycles. The zero-order valence-electron chi connectivity index (χ0n) is 11.8. The number of amides is 1. The van der Waals surface area contributed by atoms with E-state index in [1.165, 1.54) is 18.4 Å². The molecule has 1 aliphatic carbocycles. The Kier molecular flexibility index (Phi) is 3.62. The molecular weight excluding hydrogens is 295 g/mol. The molecule has 1 saturated carbocycles. The van der Waals surface area contributed by atoms with Gasteiger partial charge in [0.25, 0.3) is 5.91 Å². The van der Waals surface area contributed by atoms with Gasteiger partial charge in [-0.25, -0.2) is 0 Å². The normalized spacial score (nSPS) is 22.8. The Bertz CT molecular complexity index is 588. The highest BCUT2D eigenvalue weighted by molar-refractivity contribution is 5.82. The van der Waals surface area contributed by atoms with Crippen LogP contribution < -0.4 is 5.32 Å². The third-order valence-electron chi connectivity index (χ3n) is 4.10. The summed E-state index contributed by atoms with van der Waals surface area (Å²) in [5, 5.41) is 2.93. The minimum absolute atomic E-state index is 0.207. The predicted octanol–water partition coefficient (Wildman–Crippen LogP) is 3.50. The molecule has 2 aliphatic rings. The average molecular weight is 311 g/mol. The summed E-state index contributed by atoms with van der Waals surface area (Å²) < 4.78 is 43.0. The van der Waals surface area contributed by atoms with Crippen LogP contribution in [0, 0.1) is 0 Å².